The van der Waals surface area contributed by atoms with Gasteiger partial charge in [0, 0.05) is 12.1 Å². The van der Waals surface area contributed by atoms with Crippen LogP contribution >= 0.6 is 0 Å². The summed E-state index contributed by atoms with van der Waals surface area (Å²) in [6, 6.07) is 7.57. The number of unbranched alkanes of at least 4 members (excludes halogenated alkanes) is 12. The van der Waals surface area contributed by atoms with E-state index < -0.39 is 0 Å². The molecule has 0 atom stereocenters. The van der Waals surface area contributed by atoms with E-state index in [1.165, 1.54) is 89.9 Å². The van der Waals surface area contributed by atoms with Gasteiger partial charge >= 0.3 is 0 Å². The van der Waals surface area contributed by atoms with Gasteiger partial charge < -0.3 is 10.4 Å². The molecule has 1 aromatic carbocycles. The first kappa shape index (κ1) is 23.8. The van der Waals surface area contributed by atoms with Crippen LogP contribution in [-0.2, 0) is 6.54 Å². The molecule has 1 rings (SSSR count). The number of benzene rings is 1. The molecule has 0 saturated heterocycles. The molecule has 0 radical (unpaired) electrons. The molecule has 0 aliphatic heterocycles. The third kappa shape index (κ3) is 14.4. The van der Waals surface area contributed by atoms with Crippen molar-refractivity contribution in [1.82, 2.24) is 5.32 Å². The van der Waals surface area contributed by atoms with Gasteiger partial charge in [-0.2, -0.15) is 0 Å². The SMILES string of the molecule is CCCCCCCCC=CCCCCCCCCNCc1ccccc1O. The predicted molar refractivity (Wildman–Crippen MR) is 119 cm³/mol. The van der Waals surface area contributed by atoms with E-state index in [4.69, 9.17) is 0 Å². The zero-order valence-corrected chi connectivity index (χ0v) is 17.7. The number of phenolic OH excluding ortho intramolecular Hbond substituents is 1. The lowest BCUT2D eigenvalue weighted by atomic mass is 10.1. The summed E-state index contributed by atoms with van der Waals surface area (Å²) in [7, 11) is 0. The van der Waals surface area contributed by atoms with E-state index in [9.17, 15) is 5.11 Å². The highest BCUT2D eigenvalue weighted by Crippen LogP contribution is 2.15. The molecular formula is C25H43NO. The quantitative estimate of drug-likeness (QED) is 0.206. The molecule has 0 heterocycles. The minimum atomic E-state index is 0.394. The Kier molecular flexibility index (Phi) is 15.9. The Bertz CT molecular complexity index is 469. The number of hydrogen-bond donors (Lipinski definition) is 2. The summed E-state index contributed by atoms with van der Waals surface area (Å²) in [5.74, 6) is 0.394. The van der Waals surface area contributed by atoms with Crippen LogP contribution in [0, 0.1) is 0 Å². The van der Waals surface area contributed by atoms with Gasteiger partial charge in [-0.15, -0.1) is 0 Å². The summed E-state index contributed by atoms with van der Waals surface area (Å²) in [4.78, 5) is 0. The summed E-state index contributed by atoms with van der Waals surface area (Å²) < 4.78 is 0. The number of phenols is 1. The Hall–Kier alpha value is -1.28. The van der Waals surface area contributed by atoms with E-state index >= 15 is 0 Å². The van der Waals surface area contributed by atoms with Crippen molar-refractivity contribution >= 4 is 0 Å². The van der Waals surface area contributed by atoms with Crippen LogP contribution in [0.15, 0.2) is 36.4 Å². The number of nitrogens with one attached hydrogen (secondary N) is 1. The fourth-order valence-electron chi connectivity index (χ4n) is 3.38. The van der Waals surface area contributed by atoms with Gasteiger partial charge in [0.15, 0.2) is 0 Å². The van der Waals surface area contributed by atoms with Gasteiger partial charge in [0.1, 0.15) is 5.75 Å². The van der Waals surface area contributed by atoms with Gasteiger partial charge in [0.25, 0.3) is 0 Å². The third-order valence-corrected chi connectivity index (χ3v) is 5.17. The lowest BCUT2D eigenvalue weighted by molar-refractivity contribution is 0.463. The predicted octanol–water partition coefficient (Wildman–Crippen LogP) is 7.52. The Balaban J connectivity index is 1.77. The van der Waals surface area contributed by atoms with Crippen molar-refractivity contribution < 1.29 is 5.11 Å². The smallest absolute Gasteiger partial charge is 0.120 e. The molecular weight excluding hydrogens is 330 g/mol. The topological polar surface area (TPSA) is 32.3 Å². The van der Waals surface area contributed by atoms with Gasteiger partial charge in [-0.1, -0.05) is 95.1 Å². The Morgan fingerprint density at radius 3 is 1.93 bits per heavy atom. The molecule has 27 heavy (non-hydrogen) atoms. The fourth-order valence-corrected chi connectivity index (χ4v) is 3.38. The molecule has 0 bridgehead atoms. The van der Waals surface area contributed by atoms with E-state index in [0.717, 1.165) is 18.7 Å². The first-order valence-electron chi connectivity index (χ1n) is 11.5. The highest BCUT2D eigenvalue weighted by Gasteiger charge is 1.98. The minimum absolute atomic E-state index is 0.394. The van der Waals surface area contributed by atoms with Crippen LogP contribution in [0.5, 0.6) is 5.75 Å². The summed E-state index contributed by atoms with van der Waals surface area (Å²) in [6.07, 6.45) is 23.7. The van der Waals surface area contributed by atoms with Crippen molar-refractivity contribution in [3.63, 3.8) is 0 Å². The van der Waals surface area contributed by atoms with Crippen molar-refractivity contribution in [3.05, 3.63) is 42.0 Å². The van der Waals surface area contributed by atoms with Crippen LogP contribution in [0.25, 0.3) is 0 Å². The van der Waals surface area contributed by atoms with E-state index in [0.29, 0.717) is 5.75 Å². The van der Waals surface area contributed by atoms with Crippen molar-refractivity contribution in [2.75, 3.05) is 6.54 Å². The molecule has 0 aliphatic carbocycles. The van der Waals surface area contributed by atoms with Crippen LogP contribution in [-0.4, -0.2) is 11.7 Å². The Morgan fingerprint density at radius 1 is 0.741 bits per heavy atom. The summed E-state index contributed by atoms with van der Waals surface area (Å²) in [5, 5.41) is 13.1. The lowest BCUT2D eigenvalue weighted by Gasteiger charge is -2.06. The molecule has 0 amide bonds. The third-order valence-electron chi connectivity index (χ3n) is 5.17. The zero-order valence-electron chi connectivity index (χ0n) is 17.7. The lowest BCUT2D eigenvalue weighted by Crippen LogP contribution is -2.14. The molecule has 154 valence electrons. The maximum Gasteiger partial charge on any atom is 0.120 e. The van der Waals surface area contributed by atoms with Gasteiger partial charge in [0.05, 0.1) is 0 Å². The maximum atomic E-state index is 9.71. The molecule has 0 aliphatic rings. The van der Waals surface area contributed by atoms with Crippen molar-refractivity contribution in [1.29, 1.82) is 0 Å². The van der Waals surface area contributed by atoms with Crippen molar-refractivity contribution in [2.45, 2.75) is 103 Å². The summed E-state index contributed by atoms with van der Waals surface area (Å²) in [6.45, 7) is 4.08. The van der Waals surface area contributed by atoms with Crippen molar-refractivity contribution in [3.8, 4) is 5.75 Å². The second-order valence-electron chi connectivity index (χ2n) is 7.74. The van der Waals surface area contributed by atoms with E-state index in [1.807, 2.05) is 18.2 Å². The average Bonchev–Trinajstić information content (AvgIpc) is 2.68. The van der Waals surface area contributed by atoms with Gasteiger partial charge in [-0.05, 0) is 44.7 Å². The van der Waals surface area contributed by atoms with E-state index in [-0.39, 0.29) is 0 Å². The molecule has 1 aromatic rings. The molecule has 0 spiro atoms. The Morgan fingerprint density at radius 2 is 1.30 bits per heavy atom. The minimum Gasteiger partial charge on any atom is -0.508 e. The average molecular weight is 374 g/mol. The largest absolute Gasteiger partial charge is 0.508 e. The highest BCUT2D eigenvalue weighted by molar-refractivity contribution is 5.31. The molecule has 0 saturated carbocycles. The molecule has 2 nitrogen and oxygen atoms in total. The first-order chi connectivity index (χ1) is 13.3. The maximum absolute atomic E-state index is 9.71. The molecule has 0 aromatic heterocycles. The van der Waals surface area contributed by atoms with Crippen LogP contribution < -0.4 is 5.32 Å². The highest BCUT2D eigenvalue weighted by atomic mass is 16.3. The molecule has 0 unspecified atom stereocenters. The normalized spacial score (nSPS) is 11.4. The molecule has 2 heteroatoms. The van der Waals surface area contributed by atoms with Crippen LogP contribution in [0.3, 0.4) is 0 Å². The number of allylic oxidation sites excluding steroid dienone is 2. The molecule has 2 N–H and O–H groups in total. The standard InChI is InChI=1S/C25H43NO/c1-2-3-4-5-6-7-8-9-10-11-12-13-14-15-16-19-22-26-23-24-20-17-18-21-25(24)27/h9-10,17-18,20-21,26-27H,2-8,11-16,19,22-23H2,1H3. The summed E-state index contributed by atoms with van der Waals surface area (Å²) >= 11 is 0. The van der Waals surface area contributed by atoms with E-state index in [2.05, 4.69) is 24.4 Å². The second kappa shape index (κ2) is 18.1. The van der Waals surface area contributed by atoms with Gasteiger partial charge in [-0.3, -0.25) is 0 Å². The monoisotopic (exact) mass is 373 g/mol. The number of para-hydroxylation sites is 1. The van der Waals surface area contributed by atoms with Crippen molar-refractivity contribution in [2.24, 2.45) is 0 Å². The Labute approximate surface area is 168 Å². The number of aromatic hydroxyl groups is 1. The summed E-state index contributed by atoms with van der Waals surface area (Å²) in [5.41, 5.74) is 0.988. The first-order valence-corrected chi connectivity index (χ1v) is 11.5. The molecule has 0 fully saturated rings. The van der Waals surface area contributed by atoms with Crippen LogP contribution in [0.4, 0.5) is 0 Å². The van der Waals surface area contributed by atoms with Gasteiger partial charge in [-0.25, -0.2) is 0 Å². The van der Waals surface area contributed by atoms with Crippen LogP contribution in [0.1, 0.15) is 102 Å². The second-order valence-corrected chi connectivity index (χ2v) is 7.74. The zero-order chi connectivity index (χ0) is 19.4. The number of hydrogen-bond acceptors (Lipinski definition) is 2. The number of rotatable bonds is 18. The fraction of sp³-hybridized carbons (Fsp3) is 0.680. The van der Waals surface area contributed by atoms with Gasteiger partial charge in [0.2, 0.25) is 0 Å². The van der Waals surface area contributed by atoms with Crippen LogP contribution in [0.2, 0.25) is 0 Å². The van der Waals surface area contributed by atoms with E-state index in [1.54, 1.807) is 6.07 Å².